The molecule has 4 nitrogen and oxygen atoms in total. The predicted octanol–water partition coefficient (Wildman–Crippen LogP) is 6.37. The first-order valence-corrected chi connectivity index (χ1v) is 9.96. The molecule has 0 radical (unpaired) electrons. The standard InChI is InChI=1S/C22H20BrClN2O2/c1-3-28-16-6-8-17(13(2)10-16)22(27)18-7-5-15(12-19(18)24)26-21-9-4-14(23)11-20(21)25/h4-12,26H,3,25H2,1-2H3. The van der Waals surface area contributed by atoms with Crippen molar-refractivity contribution in [3.63, 3.8) is 0 Å². The van der Waals surface area contributed by atoms with E-state index >= 15 is 0 Å². The van der Waals surface area contributed by atoms with Crippen molar-refractivity contribution >= 4 is 50.4 Å². The van der Waals surface area contributed by atoms with Crippen LogP contribution in [0.2, 0.25) is 5.02 Å². The molecule has 0 aliphatic carbocycles. The molecule has 0 aliphatic heterocycles. The Morgan fingerprint density at radius 1 is 1.11 bits per heavy atom. The van der Waals surface area contributed by atoms with Gasteiger partial charge in [-0.2, -0.15) is 0 Å². The van der Waals surface area contributed by atoms with E-state index in [1.54, 1.807) is 24.3 Å². The van der Waals surface area contributed by atoms with E-state index < -0.39 is 0 Å². The summed E-state index contributed by atoms with van der Waals surface area (Å²) in [6.07, 6.45) is 0. The molecule has 0 fully saturated rings. The van der Waals surface area contributed by atoms with E-state index in [-0.39, 0.29) is 5.78 Å². The van der Waals surface area contributed by atoms with Gasteiger partial charge in [-0.15, -0.1) is 0 Å². The number of nitrogens with two attached hydrogens (primary N) is 1. The number of anilines is 3. The van der Waals surface area contributed by atoms with Gasteiger partial charge in [-0.3, -0.25) is 4.79 Å². The molecule has 0 aliphatic rings. The molecule has 6 heteroatoms. The van der Waals surface area contributed by atoms with Gasteiger partial charge < -0.3 is 15.8 Å². The van der Waals surface area contributed by atoms with E-state index in [9.17, 15) is 4.79 Å². The van der Waals surface area contributed by atoms with Crippen molar-refractivity contribution in [2.24, 2.45) is 0 Å². The largest absolute Gasteiger partial charge is 0.494 e. The minimum Gasteiger partial charge on any atom is -0.494 e. The van der Waals surface area contributed by atoms with Crippen LogP contribution in [0.3, 0.4) is 0 Å². The Morgan fingerprint density at radius 2 is 1.86 bits per heavy atom. The van der Waals surface area contributed by atoms with Crippen molar-refractivity contribution in [1.29, 1.82) is 0 Å². The molecule has 0 spiro atoms. The lowest BCUT2D eigenvalue weighted by molar-refractivity contribution is 0.103. The van der Waals surface area contributed by atoms with E-state index in [0.717, 1.165) is 27.2 Å². The second-order valence-corrected chi connectivity index (χ2v) is 7.61. The van der Waals surface area contributed by atoms with E-state index in [1.165, 1.54) is 0 Å². The lowest BCUT2D eigenvalue weighted by Crippen LogP contribution is -2.05. The molecule has 3 aromatic carbocycles. The van der Waals surface area contributed by atoms with E-state index in [0.29, 0.717) is 28.4 Å². The zero-order valence-corrected chi connectivity index (χ0v) is 17.9. The fourth-order valence-corrected chi connectivity index (χ4v) is 3.52. The number of benzene rings is 3. The number of carbonyl (C=O) groups is 1. The second kappa shape index (κ2) is 8.67. The average Bonchev–Trinajstić information content (AvgIpc) is 2.64. The van der Waals surface area contributed by atoms with E-state index in [4.69, 9.17) is 22.1 Å². The van der Waals surface area contributed by atoms with Crippen LogP contribution < -0.4 is 15.8 Å². The SMILES string of the molecule is CCOc1ccc(C(=O)c2ccc(Nc3ccc(Br)cc3N)cc2Cl)c(C)c1. The third kappa shape index (κ3) is 4.49. The summed E-state index contributed by atoms with van der Waals surface area (Å²) in [5, 5.41) is 3.59. The zero-order valence-electron chi connectivity index (χ0n) is 15.6. The van der Waals surface area contributed by atoms with Crippen molar-refractivity contribution in [2.45, 2.75) is 13.8 Å². The monoisotopic (exact) mass is 458 g/mol. The van der Waals surface area contributed by atoms with E-state index in [2.05, 4.69) is 21.2 Å². The van der Waals surface area contributed by atoms with Gasteiger partial charge in [0.2, 0.25) is 0 Å². The number of nitrogens with one attached hydrogen (secondary N) is 1. The fraction of sp³-hybridized carbons (Fsp3) is 0.136. The van der Waals surface area contributed by atoms with Crippen LogP contribution in [0.5, 0.6) is 5.75 Å². The third-order valence-electron chi connectivity index (χ3n) is 4.26. The smallest absolute Gasteiger partial charge is 0.194 e. The highest BCUT2D eigenvalue weighted by Gasteiger charge is 2.16. The molecule has 0 saturated heterocycles. The Morgan fingerprint density at radius 3 is 2.50 bits per heavy atom. The van der Waals surface area contributed by atoms with Crippen molar-refractivity contribution in [3.05, 3.63) is 80.8 Å². The summed E-state index contributed by atoms with van der Waals surface area (Å²) >= 11 is 9.80. The van der Waals surface area contributed by atoms with Gasteiger partial charge in [-0.1, -0.05) is 27.5 Å². The van der Waals surface area contributed by atoms with Gasteiger partial charge in [0, 0.05) is 21.3 Å². The van der Waals surface area contributed by atoms with Gasteiger partial charge in [-0.25, -0.2) is 0 Å². The number of hydrogen-bond acceptors (Lipinski definition) is 4. The summed E-state index contributed by atoms with van der Waals surface area (Å²) in [7, 11) is 0. The number of hydrogen-bond donors (Lipinski definition) is 2. The van der Waals surface area contributed by atoms with Gasteiger partial charge in [0.25, 0.3) is 0 Å². The number of aryl methyl sites for hydroxylation is 1. The lowest BCUT2D eigenvalue weighted by Gasteiger charge is -2.12. The minimum atomic E-state index is -0.125. The summed E-state index contributed by atoms with van der Waals surface area (Å²) in [5.41, 5.74) is 10.0. The van der Waals surface area contributed by atoms with Gasteiger partial charge >= 0.3 is 0 Å². The molecular weight excluding hydrogens is 440 g/mol. The van der Waals surface area contributed by atoms with Crippen LogP contribution in [0.15, 0.2) is 59.1 Å². The van der Waals surface area contributed by atoms with Gasteiger partial charge in [-0.05, 0) is 74.0 Å². The normalized spacial score (nSPS) is 10.6. The predicted molar refractivity (Wildman–Crippen MR) is 119 cm³/mol. The van der Waals surface area contributed by atoms with Crippen LogP contribution in [0, 0.1) is 6.92 Å². The van der Waals surface area contributed by atoms with Gasteiger partial charge in [0.05, 0.1) is 23.0 Å². The number of rotatable bonds is 6. The molecule has 0 bridgehead atoms. The maximum Gasteiger partial charge on any atom is 0.194 e. The third-order valence-corrected chi connectivity index (χ3v) is 5.07. The lowest BCUT2D eigenvalue weighted by atomic mass is 9.98. The molecule has 0 amide bonds. The number of halogens is 2. The highest BCUT2D eigenvalue weighted by atomic mass is 79.9. The fourth-order valence-electron chi connectivity index (χ4n) is 2.87. The van der Waals surface area contributed by atoms with Gasteiger partial charge in [0.1, 0.15) is 5.75 Å². The Balaban J connectivity index is 1.85. The van der Waals surface area contributed by atoms with Crippen LogP contribution in [-0.2, 0) is 0 Å². The highest BCUT2D eigenvalue weighted by molar-refractivity contribution is 9.10. The summed E-state index contributed by atoms with van der Waals surface area (Å²) in [4.78, 5) is 12.9. The first-order chi connectivity index (χ1) is 13.4. The van der Waals surface area contributed by atoms with Crippen LogP contribution in [0.1, 0.15) is 28.4 Å². The van der Waals surface area contributed by atoms with Gasteiger partial charge in [0.15, 0.2) is 5.78 Å². The number of carbonyl (C=O) groups excluding carboxylic acids is 1. The molecule has 0 unspecified atom stereocenters. The van der Waals surface area contributed by atoms with Crippen LogP contribution in [-0.4, -0.2) is 12.4 Å². The van der Waals surface area contributed by atoms with Crippen LogP contribution in [0.25, 0.3) is 0 Å². The van der Waals surface area contributed by atoms with Crippen LogP contribution >= 0.6 is 27.5 Å². The van der Waals surface area contributed by atoms with Crippen molar-refractivity contribution in [3.8, 4) is 5.75 Å². The zero-order chi connectivity index (χ0) is 20.3. The molecule has 3 aromatic rings. The first kappa shape index (κ1) is 20.2. The number of nitrogen functional groups attached to an aromatic ring is 1. The molecule has 144 valence electrons. The highest BCUT2D eigenvalue weighted by Crippen LogP contribution is 2.30. The summed E-state index contributed by atoms with van der Waals surface area (Å²) in [6, 6.07) is 16.3. The Hall–Kier alpha value is -2.50. The summed E-state index contributed by atoms with van der Waals surface area (Å²) in [5.74, 6) is 0.620. The molecule has 0 heterocycles. The Bertz CT molecular complexity index is 1040. The molecule has 28 heavy (non-hydrogen) atoms. The van der Waals surface area contributed by atoms with Crippen molar-refractivity contribution in [2.75, 3.05) is 17.7 Å². The van der Waals surface area contributed by atoms with E-state index in [1.807, 2.05) is 44.2 Å². The number of ketones is 1. The summed E-state index contributed by atoms with van der Waals surface area (Å²) < 4.78 is 6.38. The second-order valence-electron chi connectivity index (χ2n) is 6.29. The molecule has 0 aromatic heterocycles. The van der Waals surface area contributed by atoms with Crippen molar-refractivity contribution in [1.82, 2.24) is 0 Å². The molecule has 3 N–H and O–H groups in total. The minimum absolute atomic E-state index is 0.125. The maximum absolute atomic E-state index is 12.9. The molecule has 0 atom stereocenters. The summed E-state index contributed by atoms with van der Waals surface area (Å²) in [6.45, 7) is 4.39. The average molecular weight is 460 g/mol. The number of ether oxygens (including phenoxy) is 1. The van der Waals surface area contributed by atoms with Crippen molar-refractivity contribution < 1.29 is 9.53 Å². The molecule has 0 saturated carbocycles. The Labute approximate surface area is 177 Å². The topological polar surface area (TPSA) is 64.3 Å². The van der Waals surface area contributed by atoms with Crippen LogP contribution in [0.4, 0.5) is 17.1 Å². The maximum atomic E-state index is 12.9. The molecular formula is C22H20BrClN2O2. The Kier molecular flexibility index (Phi) is 6.27. The quantitative estimate of drug-likeness (QED) is 0.332. The first-order valence-electron chi connectivity index (χ1n) is 8.78. The molecule has 3 rings (SSSR count).